The van der Waals surface area contributed by atoms with Crippen LogP contribution in [0.5, 0.6) is 0 Å². The van der Waals surface area contributed by atoms with E-state index in [1.54, 1.807) is 0 Å². The molecule has 0 atom stereocenters. The number of benzene rings is 1. The van der Waals surface area contributed by atoms with Gasteiger partial charge >= 0.3 is 5.63 Å². The van der Waals surface area contributed by atoms with Crippen molar-refractivity contribution in [3.8, 4) is 0 Å². The van der Waals surface area contributed by atoms with Crippen LogP contribution in [0.1, 0.15) is 50.7 Å². The highest BCUT2D eigenvalue weighted by Crippen LogP contribution is 2.26. The molecule has 0 spiro atoms. The Hall–Kier alpha value is -1.57. The molecule has 17 heavy (non-hydrogen) atoms. The maximum Gasteiger partial charge on any atom is 0.339 e. The second kappa shape index (κ2) is 4.36. The SMILES string of the molecule is CC(C)c1cc2c(C(C)C)cccc2oc1=O. The summed E-state index contributed by atoms with van der Waals surface area (Å²) in [6.45, 7) is 8.32. The molecule has 0 amide bonds. The Bertz CT molecular complexity index is 591. The highest BCUT2D eigenvalue weighted by Gasteiger charge is 2.12. The lowest BCUT2D eigenvalue weighted by atomic mass is 9.96. The molecule has 0 fully saturated rings. The molecule has 2 nitrogen and oxygen atoms in total. The molecule has 90 valence electrons. The maximum atomic E-state index is 11.8. The van der Waals surface area contributed by atoms with Crippen molar-refractivity contribution in [2.45, 2.75) is 39.5 Å². The first-order valence-corrected chi connectivity index (χ1v) is 6.07. The van der Waals surface area contributed by atoms with Gasteiger partial charge in [0.1, 0.15) is 5.58 Å². The molecule has 0 saturated heterocycles. The molecule has 1 aromatic carbocycles. The Morgan fingerprint density at radius 1 is 1.00 bits per heavy atom. The van der Waals surface area contributed by atoms with Gasteiger partial charge in [-0.05, 0) is 29.5 Å². The third kappa shape index (κ3) is 2.12. The largest absolute Gasteiger partial charge is 0.423 e. The monoisotopic (exact) mass is 230 g/mol. The van der Waals surface area contributed by atoms with E-state index >= 15 is 0 Å². The van der Waals surface area contributed by atoms with Crippen molar-refractivity contribution >= 4 is 11.0 Å². The van der Waals surface area contributed by atoms with Gasteiger partial charge < -0.3 is 4.42 Å². The molecule has 0 aliphatic carbocycles. The zero-order chi connectivity index (χ0) is 12.6. The summed E-state index contributed by atoms with van der Waals surface area (Å²) in [6, 6.07) is 7.88. The lowest BCUT2D eigenvalue weighted by Gasteiger charge is -2.11. The van der Waals surface area contributed by atoms with E-state index in [1.165, 1.54) is 5.56 Å². The van der Waals surface area contributed by atoms with Crippen LogP contribution in [0, 0.1) is 0 Å². The fourth-order valence-electron chi connectivity index (χ4n) is 2.08. The van der Waals surface area contributed by atoms with E-state index in [0.29, 0.717) is 11.5 Å². The van der Waals surface area contributed by atoms with Gasteiger partial charge in [-0.1, -0.05) is 39.8 Å². The maximum absolute atomic E-state index is 11.8. The zero-order valence-electron chi connectivity index (χ0n) is 10.8. The standard InChI is InChI=1S/C15H18O2/c1-9(2)11-6-5-7-14-13(11)8-12(10(3)4)15(16)17-14/h5-10H,1-4H3. The van der Waals surface area contributed by atoms with Crippen LogP contribution < -0.4 is 5.63 Å². The second-order valence-corrected chi connectivity index (χ2v) is 5.06. The van der Waals surface area contributed by atoms with Crippen LogP contribution in [0.4, 0.5) is 0 Å². The summed E-state index contributed by atoms with van der Waals surface area (Å²) in [4.78, 5) is 11.8. The first kappa shape index (κ1) is 11.9. The van der Waals surface area contributed by atoms with Crippen molar-refractivity contribution in [1.29, 1.82) is 0 Å². The third-order valence-corrected chi connectivity index (χ3v) is 3.08. The minimum absolute atomic E-state index is 0.191. The second-order valence-electron chi connectivity index (χ2n) is 5.06. The predicted molar refractivity (Wildman–Crippen MR) is 70.7 cm³/mol. The summed E-state index contributed by atoms with van der Waals surface area (Å²) in [6.07, 6.45) is 0. The summed E-state index contributed by atoms with van der Waals surface area (Å²) >= 11 is 0. The fourth-order valence-corrected chi connectivity index (χ4v) is 2.08. The summed E-state index contributed by atoms with van der Waals surface area (Å²) in [5, 5.41) is 1.06. The van der Waals surface area contributed by atoms with Gasteiger partial charge in [0.05, 0.1) is 0 Å². The van der Waals surface area contributed by atoms with Crippen LogP contribution in [0.25, 0.3) is 11.0 Å². The lowest BCUT2D eigenvalue weighted by Crippen LogP contribution is -2.09. The average molecular weight is 230 g/mol. The van der Waals surface area contributed by atoms with Gasteiger partial charge in [0, 0.05) is 10.9 Å². The van der Waals surface area contributed by atoms with E-state index in [1.807, 2.05) is 32.0 Å². The predicted octanol–water partition coefficient (Wildman–Crippen LogP) is 4.04. The van der Waals surface area contributed by atoms with E-state index < -0.39 is 0 Å². The van der Waals surface area contributed by atoms with Crippen molar-refractivity contribution in [2.75, 3.05) is 0 Å². The van der Waals surface area contributed by atoms with Crippen molar-refractivity contribution < 1.29 is 4.42 Å². The normalized spacial score (nSPS) is 11.6. The number of fused-ring (bicyclic) bond motifs is 1. The summed E-state index contributed by atoms with van der Waals surface area (Å²) < 4.78 is 5.39. The van der Waals surface area contributed by atoms with Gasteiger partial charge in [0.2, 0.25) is 0 Å². The van der Waals surface area contributed by atoms with Crippen LogP contribution in [0.15, 0.2) is 33.5 Å². The van der Waals surface area contributed by atoms with Crippen LogP contribution in [0.2, 0.25) is 0 Å². The summed E-state index contributed by atoms with van der Waals surface area (Å²) in [5.74, 6) is 0.613. The lowest BCUT2D eigenvalue weighted by molar-refractivity contribution is 0.543. The molecule has 2 heteroatoms. The summed E-state index contributed by atoms with van der Waals surface area (Å²) in [7, 11) is 0. The fraction of sp³-hybridized carbons (Fsp3) is 0.400. The molecule has 1 heterocycles. The molecule has 0 N–H and O–H groups in total. The smallest absolute Gasteiger partial charge is 0.339 e. The van der Waals surface area contributed by atoms with Crippen LogP contribution >= 0.6 is 0 Å². The first-order chi connectivity index (χ1) is 8.00. The van der Waals surface area contributed by atoms with Crippen LogP contribution in [-0.2, 0) is 0 Å². The molecule has 2 aromatic rings. The minimum Gasteiger partial charge on any atom is -0.423 e. The topological polar surface area (TPSA) is 30.2 Å². The van der Waals surface area contributed by atoms with Crippen molar-refractivity contribution in [1.82, 2.24) is 0 Å². The molecule has 0 bridgehead atoms. The quantitative estimate of drug-likeness (QED) is 0.729. The van der Waals surface area contributed by atoms with E-state index in [4.69, 9.17) is 4.42 Å². The van der Waals surface area contributed by atoms with E-state index in [-0.39, 0.29) is 11.5 Å². The van der Waals surface area contributed by atoms with E-state index in [9.17, 15) is 4.79 Å². The van der Waals surface area contributed by atoms with Gasteiger partial charge in [-0.15, -0.1) is 0 Å². The van der Waals surface area contributed by atoms with Gasteiger partial charge in [-0.25, -0.2) is 4.79 Å². The Balaban J connectivity index is 2.81. The van der Waals surface area contributed by atoms with Crippen molar-refractivity contribution in [2.24, 2.45) is 0 Å². The number of hydrogen-bond donors (Lipinski definition) is 0. The van der Waals surface area contributed by atoms with Crippen molar-refractivity contribution in [3.63, 3.8) is 0 Å². The Morgan fingerprint density at radius 2 is 1.65 bits per heavy atom. The van der Waals surface area contributed by atoms with Crippen molar-refractivity contribution in [3.05, 3.63) is 45.8 Å². The zero-order valence-corrected chi connectivity index (χ0v) is 10.8. The van der Waals surface area contributed by atoms with E-state index in [2.05, 4.69) is 19.9 Å². The highest BCUT2D eigenvalue weighted by atomic mass is 16.4. The first-order valence-electron chi connectivity index (χ1n) is 6.07. The van der Waals surface area contributed by atoms with Gasteiger partial charge in [0.25, 0.3) is 0 Å². The van der Waals surface area contributed by atoms with Crippen LogP contribution in [0.3, 0.4) is 0 Å². The van der Waals surface area contributed by atoms with Crippen LogP contribution in [-0.4, -0.2) is 0 Å². The van der Waals surface area contributed by atoms with E-state index in [0.717, 1.165) is 10.9 Å². The van der Waals surface area contributed by atoms with Gasteiger partial charge in [-0.3, -0.25) is 0 Å². The number of rotatable bonds is 2. The molecule has 1 aromatic heterocycles. The minimum atomic E-state index is -0.214. The number of hydrogen-bond acceptors (Lipinski definition) is 2. The molecule has 0 radical (unpaired) electrons. The molecule has 0 unspecified atom stereocenters. The third-order valence-electron chi connectivity index (χ3n) is 3.08. The molecular weight excluding hydrogens is 212 g/mol. The Labute approximate surface area is 101 Å². The molecule has 2 rings (SSSR count). The molecule has 0 aliphatic rings. The molecular formula is C15H18O2. The van der Waals surface area contributed by atoms with Gasteiger partial charge in [0.15, 0.2) is 0 Å². The molecule has 0 saturated carbocycles. The highest BCUT2D eigenvalue weighted by molar-refractivity contribution is 5.81. The average Bonchev–Trinajstić information content (AvgIpc) is 2.26. The summed E-state index contributed by atoms with van der Waals surface area (Å²) in [5.41, 5.74) is 2.46. The molecule has 0 aliphatic heterocycles. The Kier molecular flexibility index (Phi) is 3.05. The van der Waals surface area contributed by atoms with Gasteiger partial charge in [-0.2, -0.15) is 0 Å². The Morgan fingerprint density at radius 3 is 2.24 bits per heavy atom.